The number of aryl methyl sites for hydroxylation is 2. The molecule has 6 nitrogen and oxygen atoms in total. The topological polar surface area (TPSA) is 68.5 Å². The van der Waals surface area contributed by atoms with E-state index in [4.69, 9.17) is 0 Å². The Kier molecular flexibility index (Phi) is 3.66. The third kappa shape index (κ3) is 2.78. The molecule has 0 saturated carbocycles. The van der Waals surface area contributed by atoms with Crippen LogP contribution in [0.15, 0.2) is 31.0 Å². The minimum absolute atomic E-state index is 0.0985. The number of pyridine rings is 1. The van der Waals surface area contributed by atoms with Crippen LogP contribution in [0.3, 0.4) is 0 Å². The molecule has 1 unspecified atom stereocenters. The number of anilines is 1. The molecule has 0 aliphatic carbocycles. The van der Waals surface area contributed by atoms with Gasteiger partial charge in [0.25, 0.3) is 0 Å². The quantitative estimate of drug-likeness (QED) is 0.802. The molecule has 3 heterocycles. The normalized spacial score (nSPS) is 12.3. The molecule has 0 saturated heterocycles. The summed E-state index contributed by atoms with van der Waals surface area (Å²) in [4.78, 5) is 14.2. The van der Waals surface area contributed by atoms with Crippen LogP contribution in [0, 0.1) is 13.8 Å². The molecule has 0 fully saturated rings. The molecule has 3 aromatic rings. The Bertz CT molecular complexity index is 734. The van der Waals surface area contributed by atoms with Gasteiger partial charge in [-0.25, -0.2) is 19.6 Å². The van der Waals surface area contributed by atoms with Gasteiger partial charge in [0.2, 0.25) is 0 Å². The highest BCUT2D eigenvalue weighted by molar-refractivity contribution is 7.11. The Morgan fingerprint density at radius 2 is 2.19 bits per heavy atom. The molecule has 1 N–H and O–H groups in total. The first-order valence-electron chi connectivity index (χ1n) is 6.65. The van der Waals surface area contributed by atoms with E-state index in [1.54, 1.807) is 28.5 Å². The zero-order valence-corrected chi connectivity index (χ0v) is 12.9. The number of rotatable bonds is 4. The van der Waals surface area contributed by atoms with Crippen molar-refractivity contribution in [2.24, 2.45) is 0 Å². The third-order valence-electron chi connectivity index (χ3n) is 3.14. The molecule has 0 spiro atoms. The summed E-state index contributed by atoms with van der Waals surface area (Å²) >= 11 is 1.72. The summed E-state index contributed by atoms with van der Waals surface area (Å²) in [5, 5.41) is 8.68. The summed E-state index contributed by atoms with van der Waals surface area (Å²) < 4.78 is 1.65. The van der Waals surface area contributed by atoms with Crippen LogP contribution >= 0.6 is 11.3 Å². The molecule has 1 atom stereocenters. The van der Waals surface area contributed by atoms with Crippen LogP contribution in [0.25, 0.3) is 5.82 Å². The monoisotopic (exact) mass is 300 g/mol. The van der Waals surface area contributed by atoms with Crippen molar-refractivity contribution in [1.82, 2.24) is 24.7 Å². The Labute approximate surface area is 126 Å². The van der Waals surface area contributed by atoms with E-state index in [-0.39, 0.29) is 6.04 Å². The zero-order valence-electron chi connectivity index (χ0n) is 12.1. The lowest BCUT2D eigenvalue weighted by Gasteiger charge is -2.16. The first-order valence-corrected chi connectivity index (χ1v) is 7.47. The number of aromatic nitrogens is 5. The maximum absolute atomic E-state index is 4.60. The number of nitrogens with one attached hydrogen (secondary N) is 1. The summed E-state index contributed by atoms with van der Waals surface area (Å²) in [5.41, 5.74) is 1.98. The lowest BCUT2D eigenvalue weighted by molar-refractivity contribution is 0.811. The molecular weight excluding hydrogens is 284 g/mol. The summed E-state index contributed by atoms with van der Waals surface area (Å²) in [7, 11) is 0. The third-order valence-corrected chi connectivity index (χ3v) is 4.05. The van der Waals surface area contributed by atoms with Crippen molar-refractivity contribution < 1.29 is 0 Å². The van der Waals surface area contributed by atoms with Gasteiger partial charge in [-0.1, -0.05) is 0 Å². The first kappa shape index (κ1) is 13.7. The first-order chi connectivity index (χ1) is 10.1. The molecule has 21 heavy (non-hydrogen) atoms. The molecule has 0 aliphatic rings. The van der Waals surface area contributed by atoms with Crippen molar-refractivity contribution in [3.05, 3.63) is 46.6 Å². The Morgan fingerprint density at radius 3 is 2.86 bits per heavy atom. The molecule has 0 bridgehead atoms. The van der Waals surface area contributed by atoms with Gasteiger partial charge in [-0.15, -0.1) is 11.3 Å². The van der Waals surface area contributed by atoms with Gasteiger partial charge in [0.1, 0.15) is 12.7 Å². The molecule has 3 rings (SSSR count). The second kappa shape index (κ2) is 5.61. The predicted octanol–water partition coefficient (Wildman–Crippen LogP) is 2.91. The predicted molar refractivity (Wildman–Crippen MR) is 82.8 cm³/mol. The van der Waals surface area contributed by atoms with Gasteiger partial charge in [-0.3, -0.25) is 0 Å². The van der Waals surface area contributed by atoms with Gasteiger partial charge in [-0.05, 0) is 32.9 Å². The minimum atomic E-state index is 0.0985. The van der Waals surface area contributed by atoms with E-state index in [2.05, 4.69) is 39.2 Å². The Morgan fingerprint density at radius 1 is 1.33 bits per heavy atom. The van der Waals surface area contributed by atoms with E-state index < -0.39 is 0 Å². The van der Waals surface area contributed by atoms with Crippen molar-refractivity contribution in [1.29, 1.82) is 0 Å². The van der Waals surface area contributed by atoms with Crippen molar-refractivity contribution in [2.75, 3.05) is 5.32 Å². The second-order valence-corrected chi connectivity index (χ2v) is 6.16. The van der Waals surface area contributed by atoms with Crippen LogP contribution in [0.2, 0.25) is 0 Å². The second-order valence-electron chi connectivity index (χ2n) is 4.75. The number of thiazole rings is 1. The van der Waals surface area contributed by atoms with E-state index in [1.165, 1.54) is 11.2 Å². The summed E-state index contributed by atoms with van der Waals surface area (Å²) in [6.07, 6.45) is 4.87. The fourth-order valence-electron chi connectivity index (χ4n) is 2.26. The van der Waals surface area contributed by atoms with Crippen molar-refractivity contribution in [3.8, 4) is 5.82 Å². The van der Waals surface area contributed by atoms with Crippen LogP contribution in [-0.4, -0.2) is 24.7 Å². The van der Waals surface area contributed by atoms with Crippen LogP contribution in [0.1, 0.15) is 28.5 Å². The molecule has 0 radical (unpaired) electrons. The average Bonchev–Trinajstić information content (AvgIpc) is 3.09. The number of nitrogens with zero attached hydrogens (tertiary/aromatic N) is 5. The zero-order chi connectivity index (χ0) is 14.8. The van der Waals surface area contributed by atoms with Gasteiger partial charge in [0.15, 0.2) is 5.82 Å². The van der Waals surface area contributed by atoms with Crippen molar-refractivity contribution in [2.45, 2.75) is 26.8 Å². The number of hydrogen-bond acceptors (Lipinski definition) is 6. The van der Waals surface area contributed by atoms with Gasteiger partial charge in [0, 0.05) is 11.1 Å². The van der Waals surface area contributed by atoms with Gasteiger partial charge in [0.05, 0.1) is 22.4 Å². The fraction of sp³-hybridized carbons (Fsp3) is 0.286. The molecular formula is C14H16N6S. The maximum atomic E-state index is 4.60. The molecule has 0 aromatic carbocycles. The van der Waals surface area contributed by atoms with Gasteiger partial charge < -0.3 is 5.32 Å². The van der Waals surface area contributed by atoms with Gasteiger partial charge in [-0.2, -0.15) is 5.10 Å². The van der Waals surface area contributed by atoms with Crippen molar-refractivity contribution in [3.63, 3.8) is 0 Å². The SMILES string of the molecule is Cc1nc(C(C)Nc2cccnc2-n2cncn2)c(C)s1. The number of hydrogen-bond donors (Lipinski definition) is 1. The lowest BCUT2D eigenvalue weighted by atomic mass is 10.2. The highest BCUT2D eigenvalue weighted by atomic mass is 32.1. The molecule has 0 amide bonds. The fourth-order valence-corrected chi connectivity index (χ4v) is 3.17. The average molecular weight is 300 g/mol. The summed E-state index contributed by atoms with van der Waals surface area (Å²) in [6, 6.07) is 3.98. The maximum Gasteiger partial charge on any atom is 0.178 e. The van der Waals surface area contributed by atoms with E-state index >= 15 is 0 Å². The minimum Gasteiger partial charge on any atom is -0.374 e. The lowest BCUT2D eigenvalue weighted by Crippen LogP contribution is -2.11. The van der Waals surface area contributed by atoms with E-state index in [0.717, 1.165) is 22.2 Å². The van der Waals surface area contributed by atoms with Crippen LogP contribution in [0.5, 0.6) is 0 Å². The van der Waals surface area contributed by atoms with E-state index in [0.29, 0.717) is 0 Å². The van der Waals surface area contributed by atoms with Crippen molar-refractivity contribution >= 4 is 17.0 Å². The van der Waals surface area contributed by atoms with Crippen LogP contribution in [0.4, 0.5) is 5.69 Å². The Hall–Kier alpha value is -2.28. The molecule has 108 valence electrons. The Balaban J connectivity index is 1.90. The van der Waals surface area contributed by atoms with Gasteiger partial charge >= 0.3 is 0 Å². The highest BCUT2D eigenvalue weighted by Gasteiger charge is 2.15. The van der Waals surface area contributed by atoms with E-state index in [1.807, 2.05) is 19.1 Å². The van der Waals surface area contributed by atoms with Crippen LogP contribution in [-0.2, 0) is 0 Å². The molecule has 3 aromatic heterocycles. The molecule has 0 aliphatic heterocycles. The van der Waals surface area contributed by atoms with E-state index in [9.17, 15) is 0 Å². The smallest absolute Gasteiger partial charge is 0.178 e. The summed E-state index contributed by atoms with van der Waals surface area (Å²) in [5.74, 6) is 0.728. The largest absolute Gasteiger partial charge is 0.374 e. The standard InChI is InChI=1S/C14H16N6S/c1-9(13-10(2)21-11(3)19-13)18-12-5-4-6-16-14(12)20-8-15-7-17-20/h4-9,18H,1-3H3. The summed E-state index contributed by atoms with van der Waals surface area (Å²) in [6.45, 7) is 6.22. The molecule has 7 heteroatoms. The van der Waals surface area contributed by atoms with Crippen LogP contribution < -0.4 is 5.32 Å². The highest BCUT2D eigenvalue weighted by Crippen LogP contribution is 2.27.